The molecule has 1 N–H and O–H groups in total. The molecule has 0 saturated carbocycles. The quantitative estimate of drug-likeness (QED) is 0.744. The van der Waals surface area contributed by atoms with Crippen molar-refractivity contribution in [2.24, 2.45) is 0 Å². The lowest BCUT2D eigenvalue weighted by atomic mass is 10.1. The van der Waals surface area contributed by atoms with E-state index in [1.54, 1.807) is 7.11 Å². The number of hydrogen-bond donors (Lipinski definition) is 1. The first-order chi connectivity index (χ1) is 8.69. The van der Waals surface area contributed by atoms with E-state index < -0.39 is 0 Å². The van der Waals surface area contributed by atoms with E-state index in [9.17, 15) is 0 Å². The second-order valence-electron chi connectivity index (χ2n) is 4.20. The minimum atomic E-state index is 0.340. The van der Waals surface area contributed by atoms with E-state index in [0.717, 1.165) is 23.2 Å². The van der Waals surface area contributed by atoms with Gasteiger partial charge in [-0.3, -0.25) is 0 Å². The van der Waals surface area contributed by atoms with Crippen molar-refractivity contribution in [3.63, 3.8) is 0 Å². The van der Waals surface area contributed by atoms with Gasteiger partial charge in [-0.25, -0.2) is 0 Å². The van der Waals surface area contributed by atoms with Crippen LogP contribution < -0.4 is 10.1 Å². The third-order valence-electron chi connectivity index (χ3n) is 2.70. The monoisotopic (exact) mass is 315 g/mol. The third kappa shape index (κ3) is 4.96. The Labute approximate surface area is 118 Å². The Morgan fingerprint density at radius 2 is 2.11 bits per heavy atom. The maximum atomic E-state index is 5.57. The van der Waals surface area contributed by atoms with E-state index in [-0.39, 0.29) is 0 Å². The Bertz CT molecular complexity index is 358. The molecule has 18 heavy (non-hydrogen) atoms. The van der Waals surface area contributed by atoms with E-state index in [1.807, 2.05) is 12.1 Å². The Morgan fingerprint density at radius 3 is 2.72 bits per heavy atom. The fourth-order valence-electron chi connectivity index (χ4n) is 1.66. The van der Waals surface area contributed by atoms with E-state index in [2.05, 4.69) is 41.2 Å². The smallest absolute Gasteiger partial charge is 0.120 e. The van der Waals surface area contributed by atoms with Crippen molar-refractivity contribution in [3.05, 3.63) is 28.2 Å². The summed E-state index contributed by atoms with van der Waals surface area (Å²) in [4.78, 5) is 0. The number of nitrogens with one attached hydrogen (secondary N) is 1. The van der Waals surface area contributed by atoms with Gasteiger partial charge in [-0.2, -0.15) is 0 Å². The molecule has 1 rings (SSSR count). The molecule has 0 heterocycles. The van der Waals surface area contributed by atoms with Gasteiger partial charge < -0.3 is 14.8 Å². The van der Waals surface area contributed by atoms with Crippen molar-refractivity contribution < 1.29 is 9.47 Å². The van der Waals surface area contributed by atoms with Gasteiger partial charge in [0.2, 0.25) is 0 Å². The molecule has 0 aliphatic heterocycles. The number of halogens is 1. The number of hydrogen-bond acceptors (Lipinski definition) is 3. The molecule has 0 aromatic heterocycles. The highest BCUT2D eigenvalue weighted by molar-refractivity contribution is 9.10. The highest BCUT2D eigenvalue weighted by Crippen LogP contribution is 2.27. The predicted octanol–water partition coefficient (Wildman–Crippen LogP) is 3.53. The molecule has 0 spiro atoms. The highest BCUT2D eigenvalue weighted by Gasteiger charge is 2.09. The van der Waals surface area contributed by atoms with Gasteiger partial charge in [0.25, 0.3) is 0 Å². The SMILES string of the molecule is CCCNC(C)c1ccc(OCCOC)cc1Br. The second kappa shape index (κ2) is 8.51. The molecule has 1 atom stereocenters. The average Bonchev–Trinajstić information content (AvgIpc) is 2.36. The Kier molecular flexibility index (Phi) is 7.32. The van der Waals surface area contributed by atoms with Crippen LogP contribution in [0.5, 0.6) is 5.75 Å². The Balaban J connectivity index is 2.61. The molecular formula is C14H22BrNO2. The van der Waals surface area contributed by atoms with Gasteiger partial charge in [0.1, 0.15) is 12.4 Å². The molecule has 1 aromatic carbocycles. The molecule has 4 heteroatoms. The number of rotatable bonds is 8. The molecule has 1 aromatic rings. The molecule has 3 nitrogen and oxygen atoms in total. The van der Waals surface area contributed by atoms with Crippen LogP contribution in [0.4, 0.5) is 0 Å². The summed E-state index contributed by atoms with van der Waals surface area (Å²) in [5.74, 6) is 0.866. The van der Waals surface area contributed by atoms with Crippen LogP contribution in [0.1, 0.15) is 31.9 Å². The van der Waals surface area contributed by atoms with Crippen LogP contribution in [0.2, 0.25) is 0 Å². The summed E-state index contributed by atoms with van der Waals surface area (Å²) in [5, 5.41) is 3.47. The maximum absolute atomic E-state index is 5.57. The minimum Gasteiger partial charge on any atom is -0.491 e. The molecule has 1 unspecified atom stereocenters. The first kappa shape index (κ1) is 15.5. The largest absolute Gasteiger partial charge is 0.491 e. The normalized spacial score (nSPS) is 12.4. The molecule has 0 aliphatic carbocycles. The molecule has 0 bridgehead atoms. The summed E-state index contributed by atoms with van der Waals surface area (Å²) < 4.78 is 11.6. The Hall–Kier alpha value is -0.580. The lowest BCUT2D eigenvalue weighted by Gasteiger charge is -2.16. The molecule has 0 radical (unpaired) electrons. The van der Waals surface area contributed by atoms with Gasteiger partial charge in [0.15, 0.2) is 0 Å². The van der Waals surface area contributed by atoms with Gasteiger partial charge >= 0.3 is 0 Å². The Morgan fingerprint density at radius 1 is 1.33 bits per heavy atom. The average molecular weight is 316 g/mol. The van der Waals surface area contributed by atoms with Crippen molar-refractivity contribution in [2.45, 2.75) is 26.3 Å². The van der Waals surface area contributed by atoms with E-state index in [4.69, 9.17) is 9.47 Å². The molecular weight excluding hydrogens is 294 g/mol. The van der Waals surface area contributed by atoms with Gasteiger partial charge in [-0.15, -0.1) is 0 Å². The van der Waals surface area contributed by atoms with Crippen molar-refractivity contribution in [3.8, 4) is 5.75 Å². The number of ether oxygens (including phenoxy) is 2. The van der Waals surface area contributed by atoms with Gasteiger partial charge in [-0.1, -0.05) is 28.9 Å². The van der Waals surface area contributed by atoms with Crippen molar-refractivity contribution in [1.29, 1.82) is 0 Å². The maximum Gasteiger partial charge on any atom is 0.120 e. The zero-order valence-corrected chi connectivity index (χ0v) is 12.9. The van der Waals surface area contributed by atoms with Gasteiger partial charge in [-0.05, 0) is 37.6 Å². The lowest BCUT2D eigenvalue weighted by Crippen LogP contribution is -2.19. The molecule has 0 aliphatic rings. The topological polar surface area (TPSA) is 30.5 Å². The molecule has 0 amide bonds. The van der Waals surface area contributed by atoms with Crippen LogP contribution in [0, 0.1) is 0 Å². The van der Waals surface area contributed by atoms with Crippen LogP contribution in [0.25, 0.3) is 0 Å². The summed E-state index contributed by atoms with van der Waals surface area (Å²) in [5.41, 5.74) is 1.25. The molecule has 0 fully saturated rings. The number of benzene rings is 1. The minimum absolute atomic E-state index is 0.340. The summed E-state index contributed by atoms with van der Waals surface area (Å²) >= 11 is 3.60. The standard InChI is InChI=1S/C14H22BrNO2/c1-4-7-16-11(2)13-6-5-12(10-14(13)15)18-9-8-17-3/h5-6,10-11,16H,4,7-9H2,1-3H3. The summed E-state index contributed by atoms with van der Waals surface area (Å²) in [6.07, 6.45) is 1.14. The molecule has 0 saturated heterocycles. The first-order valence-corrected chi connectivity index (χ1v) is 7.13. The second-order valence-corrected chi connectivity index (χ2v) is 5.05. The zero-order chi connectivity index (χ0) is 13.4. The lowest BCUT2D eigenvalue weighted by molar-refractivity contribution is 0.146. The van der Waals surface area contributed by atoms with E-state index >= 15 is 0 Å². The predicted molar refractivity (Wildman–Crippen MR) is 78.2 cm³/mol. The van der Waals surface area contributed by atoms with E-state index in [1.165, 1.54) is 5.56 Å². The van der Waals surface area contributed by atoms with Crippen LogP contribution >= 0.6 is 15.9 Å². The summed E-state index contributed by atoms with van der Waals surface area (Å²) in [6, 6.07) is 6.45. The summed E-state index contributed by atoms with van der Waals surface area (Å²) in [6.45, 7) is 6.54. The first-order valence-electron chi connectivity index (χ1n) is 6.33. The van der Waals surface area contributed by atoms with Crippen molar-refractivity contribution in [2.75, 3.05) is 26.9 Å². The van der Waals surface area contributed by atoms with E-state index in [0.29, 0.717) is 19.3 Å². The van der Waals surface area contributed by atoms with Crippen LogP contribution in [-0.4, -0.2) is 26.9 Å². The van der Waals surface area contributed by atoms with Crippen LogP contribution in [0.3, 0.4) is 0 Å². The fourth-order valence-corrected chi connectivity index (χ4v) is 2.36. The molecule has 102 valence electrons. The third-order valence-corrected chi connectivity index (χ3v) is 3.38. The van der Waals surface area contributed by atoms with Crippen LogP contribution in [0.15, 0.2) is 22.7 Å². The van der Waals surface area contributed by atoms with Crippen molar-refractivity contribution >= 4 is 15.9 Å². The zero-order valence-electron chi connectivity index (χ0n) is 11.3. The van der Waals surface area contributed by atoms with Gasteiger partial charge in [0, 0.05) is 17.6 Å². The fraction of sp³-hybridized carbons (Fsp3) is 0.571. The van der Waals surface area contributed by atoms with Crippen LogP contribution in [-0.2, 0) is 4.74 Å². The summed E-state index contributed by atoms with van der Waals surface area (Å²) in [7, 11) is 1.67. The van der Waals surface area contributed by atoms with Gasteiger partial charge in [0.05, 0.1) is 6.61 Å². The van der Waals surface area contributed by atoms with Crippen molar-refractivity contribution in [1.82, 2.24) is 5.32 Å². The number of methoxy groups -OCH3 is 1. The highest BCUT2D eigenvalue weighted by atomic mass is 79.9.